The van der Waals surface area contributed by atoms with Crippen LogP contribution in [-0.2, 0) is 4.79 Å². The molecule has 0 aliphatic carbocycles. The van der Waals surface area contributed by atoms with Gasteiger partial charge in [0.2, 0.25) is 5.91 Å². The van der Waals surface area contributed by atoms with E-state index < -0.39 is 0 Å². The number of carbonyl (C=O) groups excluding carboxylic acids is 1. The molecule has 1 aliphatic heterocycles. The zero-order chi connectivity index (χ0) is 21.8. The van der Waals surface area contributed by atoms with Crippen LogP contribution in [0.15, 0.2) is 60.7 Å². The highest BCUT2D eigenvalue weighted by atomic mass is 16.1. The van der Waals surface area contributed by atoms with E-state index in [1.54, 1.807) is 0 Å². The summed E-state index contributed by atoms with van der Waals surface area (Å²) in [6.07, 6.45) is 1.85. The predicted molar refractivity (Wildman–Crippen MR) is 126 cm³/mol. The molecular formula is C26H30N4O. The Morgan fingerprint density at radius 1 is 1.03 bits per heavy atom. The second kappa shape index (κ2) is 9.29. The summed E-state index contributed by atoms with van der Waals surface area (Å²) in [7, 11) is 0. The first-order valence-corrected chi connectivity index (χ1v) is 11.1. The summed E-state index contributed by atoms with van der Waals surface area (Å²) in [5.74, 6) is 1.33. The normalized spacial score (nSPS) is 16.4. The molecule has 0 bridgehead atoms. The van der Waals surface area contributed by atoms with E-state index in [9.17, 15) is 4.79 Å². The molecule has 1 saturated heterocycles. The lowest BCUT2D eigenvalue weighted by molar-refractivity contribution is -0.120. The van der Waals surface area contributed by atoms with E-state index in [2.05, 4.69) is 65.5 Å². The van der Waals surface area contributed by atoms with Crippen LogP contribution in [-0.4, -0.2) is 29.2 Å². The molecule has 5 heteroatoms. The van der Waals surface area contributed by atoms with E-state index in [-0.39, 0.29) is 11.8 Å². The Balaban J connectivity index is 1.41. The number of benzene rings is 2. The van der Waals surface area contributed by atoms with E-state index in [1.165, 1.54) is 11.1 Å². The fourth-order valence-corrected chi connectivity index (χ4v) is 4.09. The summed E-state index contributed by atoms with van der Waals surface area (Å²) in [5, 5.41) is 12.0. The van der Waals surface area contributed by atoms with Gasteiger partial charge in [-0.15, -0.1) is 10.2 Å². The Labute approximate surface area is 184 Å². The average Bonchev–Trinajstić information content (AvgIpc) is 2.80. The average molecular weight is 415 g/mol. The van der Waals surface area contributed by atoms with Crippen molar-refractivity contribution in [3.8, 4) is 11.3 Å². The summed E-state index contributed by atoms with van der Waals surface area (Å²) in [6, 6.07) is 20.4. The van der Waals surface area contributed by atoms with Gasteiger partial charge in [-0.25, -0.2) is 0 Å². The third-order valence-corrected chi connectivity index (χ3v) is 6.03. The lowest BCUT2D eigenvalue weighted by atomic mass is 9.96. The van der Waals surface area contributed by atoms with E-state index in [4.69, 9.17) is 0 Å². The van der Waals surface area contributed by atoms with Crippen LogP contribution in [0.5, 0.6) is 0 Å². The van der Waals surface area contributed by atoms with Gasteiger partial charge in [0.25, 0.3) is 0 Å². The number of anilines is 2. The first kappa shape index (κ1) is 21.0. The van der Waals surface area contributed by atoms with Crippen LogP contribution in [0.1, 0.15) is 43.7 Å². The van der Waals surface area contributed by atoms with Gasteiger partial charge >= 0.3 is 0 Å². The number of hydrogen-bond acceptors (Lipinski definition) is 4. The molecular weight excluding hydrogens is 384 g/mol. The molecule has 160 valence electrons. The number of rotatable bonds is 5. The number of piperidine rings is 1. The van der Waals surface area contributed by atoms with Crippen molar-refractivity contribution >= 4 is 17.4 Å². The van der Waals surface area contributed by atoms with E-state index in [1.807, 2.05) is 36.4 Å². The van der Waals surface area contributed by atoms with Gasteiger partial charge in [0.05, 0.1) is 11.6 Å². The molecule has 4 rings (SSSR count). The molecule has 1 amide bonds. The SMILES string of the molecule is Cc1ccccc1-c1ccc(N2CCCC(C(=O)Nc3ccc(C(C)C)cc3)C2)nn1. The topological polar surface area (TPSA) is 58.1 Å². The van der Waals surface area contributed by atoms with E-state index >= 15 is 0 Å². The molecule has 1 unspecified atom stereocenters. The Morgan fingerprint density at radius 3 is 2.48 bits per heavy atom. The molecule has 1 aromatic heterocycles. The minimum atomic E-state index is -0.0589. The van der Waals surface area contributed by atoms with Crippen LogP contribution in [0.25, 0.3) is 11.3 Å². The molecule has 2 heterocycles. The summed E-state index contributed by atoms with van der Waals surface area (Å²) in [5.41, 5.74) is 5.28. The molecule has 0 radical (unpaired) electrons. The maximum absolute atomic E-state index is 12.9. The van der Waals surface area contributed by atoms with Crippen LogP contribution >= 0.6 is 0 Å². The third-order valence-electron chi connectivity index (χ3n) is 6.03. The van der Waals surface area contributed by atoms with Gasteiger partial charge in [-0.05, 0) is 61.1 Å². The van der Waals surface area contributed by atoms with Crippen molar-refractivity contribution < 1.29 is 4.79 Å². The number of aromatic nitrogens is 2. The van der Waals surface area contributed by atoms with Crippen molar-refractivity contribution in [3.63, 3.8) is 0 Å². The summed E-state index contributed by atoms with van der Waals surface area (Å²) < 4.78 is 0. The summed E-state index contributed by atoms with van der Waals surface area (Å²) in [6.45, 7) is 7.97. The quantitative estimate of drug-likeness (QED) is 0.605. The highest BCUT2D eigenvalue weighted by molar-refractivity contribution is 5.93. The van der Waals surface area contributed by atoms with E-state index in [0.29, 0.717) is 12.5 Å². The standard InChI is InChI=1S/C26H30N4O/c1-18(2)20-10-12-22(13-11-20)27-26(31)21-8-6-16-30(17-21)25-15-14-24(28-29-25)23-9-5-4-7-19(23)3/h4-5,7,9-15,18,21H,6,8,16-17H2,1-3H3,(H,27,31). The van der Waals surface area contributed by atoms with Crippen LogP contribution in [0, 0.1) is 12.8 Å². The number of nitrogens with one attached hydrogen (secondary N) is 1. The molecule has 1 fully saturated rings. The molecule has 0 spiro atoms. The Bertz CT molecular complexity index is 1030. The zero-order valence-electron chi connectivity index (χ0n) is 18.5. The van der Waals surface area contributed by atoms with Crippen molar-refractivity contribution in [2.45, 2.75) is 39.5 Å². The minimum Gasteiger partial charge on any atom is -0.354 e. The number of carbonyl (C=O) groups is 1. The van der Waals surface area contributed by atoms with Crippen LogP contribution in [0.4, 0.5) is 11.5 Å². The molecule has 2 aromatic carbocycles. The van der Waals surface area contributed by atoms with Crippen LogP contribution in [0.3, 0.4) is 0 Å². The fourth-order valence-electron chi connectivity index (χ4n) is 4.09. The van der Waals surface area contributed by atoms with Gasteiger partial charge in [-0.3, -0.25) is 4.79 Å². The number of nitrogens with zero attached hydrogens (tertiary/aromatic N) is 3. The van der Waals surface area contributed by atoms with Crippen molar-refractivity contribution in [1.82, 2.24) is 10.2 Å². The summed E-state index contributed by atoms with van der Waals surface area (Å²) in [4.78, 5) is 15.0. The Morgan fingerprint density at radius 2 is 1.81 bits per heavy atom. The van der Waals surface area contributed by atoms with Gasteiger partial charge in [0.15, 0.2) is 5.82 Å². The van der Waals surface area contributed by atoms with Gasteiger partial charge in [0.1, 0.15) is 0 Å². The van der Waals surface area contributed by atoms with Gasteiger partial charge < -0.3 is 10.2 Å². The molecule has 1 N–H and O–H groups in total. The lowest BCUT2D eigenvalue weighted by Gasteiger charge is -2.32. The molecule has 5 nitrogen and oxygen atoms in total. The summed E-state index contributed by atoms with van der Waals surface area (Å²) >= 11 is 0. The van der Waals surface area contributed by atoms with Crippen molar-refractivity contribution in [1.29, 1.82) is 0 Å². The van der Waals surface area contributed by atoms with Gasteiger partial charge in [0, 0.05) is 24.3 Å². The highest BCUT2D eigenvalue weighted by Crippen LogP contribution is 2.26. The van der Waals surface area contributed by atoms with Crippen LogP contribution in [0.2, 0.25) is 0 Å². The number of amides is 1. The predicted octanol–water partition coefficient (Wildman–Crippen LogP) is 5.43. The highest BCUT2D eigenvalue weighted by Gasteiger charge is 2.27. The Kier molecular flexibility index (Phi) is 6.31. The molecule has 1 aliphatic rings. The van der Waals surface area contributed by atoms with E-state index in [0.717, 1.165) is 42.1 Å². The largest absolute Gasteiger partial charge is 0.354 e. The molecule has 1 atom stereocenters. The third kappa shape index (κ3) is 4.93. The monoisotopic (exact) mass is 414 g/mol. The first-order chi connectivity index (χ1) is 15.0. The van der Waals surface area contributed by atoms with Crippen LogP contribution < -0.4 is 10.2 Å². The lowest BCUT2D eigenvalue weighted by Crippen LogP contribution is -2.41. The molecule has 31 heavy (non-hydrogen) atoms. The minimum absolute atomic E-state index is 0.0589. The number of aryl methyl sites for hydroxylation is 1. The second-order valence-corrected chi connectivity index (χ2v) is 8.64. The van der Waals surface area contributed by atoms with Gasteiger partial charge in [-0.1, -0.05) is 50.2 Å². The van der Waals surface area contributed by atoms with Gasteiger partial charge in [-0.2, -0.15) is 0 Å². The van der Waals surface area contributed by atoms with Crippen molar-refractivity contribution in [2.24, 2.45) is 5.92 Å². The molecule has 0 saturated carbocycles. The number of hydrogen-bond donors (Lipinski definition) is 1. The first-order valence-electron chi connectivity index (χ1n) is 11.1. The maximum Gasteiger partial charge on any atom is 0.229 e. The zero-order valence-corrected chi connectivity index (χ0v) is 18.5. The maximum atomic E-state index is 12.9. The Hall–Kier alpha value is -3.21. The molecule has 3 aromatic rings. The second-order valence-electron chi connectivity index (χ2n) is 8.64. The fraction of sp³-hybridized carbons (Fsp3) is 0.346. The smallest absolute Gasteiger partial charge is 0.229 e. The van der Waals surface area contributed by atoms with Crippen molar-refractivity contribution in [2.75, 3.05) is 23.3 Å². The van der Waals surface area contributed by atoms with Crippen molar-refractivity contribution in [3.05, 3.63) is 71.8 Å².